The van der Waals surface area contributed by atoms with Crippen LogP contribution in [0.1, 0.15) is 13.8 Å². The molecular formula is C13H18N2O3. The van der Waals surface area contributed by atoms with Crippen molar-refractivity contribution in [2.24, 2.45) is 5.92 Å². The first-order valence-corrected chi connectivity index (χ1v) is 5.76. The molecule has 98 valence electrons. The second kappa shape index (κ2) is 6.64. The van der Waals surface area contributed by atoms with Gasteiger partial charge in [-0.25, -0.2) is 0 Å². The van der Waals surface area contributed by atoms with Crippen molar-refractivity contribution in [2.45, 2.75) is 13.8 Å². The summed E-state index contributed by atoms with van der Waals surface area (Å²) in [4.78, 5) is 23.1. The summed E-state index contributed by atoms with van der Waals surface area (Å²) < 4.78 is 5.08. The summed E-state index contributed by atoms with van der Waals surface area (Å²) in [5, 5.41) is 5.06. The Bertz CT molecular complexity index is 430. The van der Waals surface area contributed by atoms with Crippen LogP contribution in [-0.4, -0.2) is 25.5 Å². The Balaban J connectivity index is 2.61. The molecule has 0 unspecified atom stereocenters. The standard InChI is InChI=1S/C13H18N2O3/c1-9(2)8-14-12(16)13(17)15-10-6-4-5-7-11(10)18-3/h4-7,9H,8H2,1-3H3,(H,14,16)(H,15,17). The van der Waals surface area contributed by atoms with E-state index in [-0.39, 0.29) is 0 Å². The van der Waals surface area contributed by atoms with Crippen molar-refractivity contribution in [3.8, 4) is 5.75 Å². The monoisotopic (exact) mass is 250 g/mol. The minimum atomic E-state index is -0.694. The van der Waals surface area contributed by atoms with Gasteiger partial charge in [-0.05, 0) is 18.1 Å². The number of hydrogen-bond acceptors (Lipinski definition) is 3. The van der Waals surface area contributed by atoms with Crippen LogP contribution in [0, 0.1) is 5.92 Å². The molecule has 0 saturated carbocycles. The quantitative estimate of drug-likeness (QED) is 0.794. The summed E-state index contributed by atoms with van der Waals surface area (Å²) in [5.74, 6) is -0.523. The van der Waals surface area contributed by atoms with E-state index in [0.717, 1.165) is 0 Å². The third-order valence-corrected chi connectivity index (χ3v) is 2.23. The van der Waals surface area contributed by atoms with E-state index in [1.807, 2.05) is 13.8 Å². The van der Waals surface area contributed by atoms with Crippen LogP contribution in [0.3, 0.4) is 0 Å². The van der Waals surface area contributed by atoms with Gasteiger partial charge in [-0.2, -0.15) is 0 Å². The molecular weight excluding hydrogens is 232 g/mol. The summed E-state index contributed by atoms with van der Waals surface area (Å²) in [7, 11) is 1.50. The maximum atomic E-state index is 11.6. The van der Waals surface area contributed by atoms with E-state index in [2.05, 4.69) is 10.6 Å². The van der Waals surface area contributed by atoms with Gasteiger partial charge in [0.1, 0.15) is 5.75 Å². The summed E-state index contributed by atoms with van der Waals surface area (Å²) >= 11 is 0. The molecule has 0 aliphatic carbocycles. The molecule has 0 saturated heterocycles. The van der Waals surface area contributed by atoms with Crippen molar-refractivity contribution in [3.63, 3.8) is 0 Å². The SMILES string of the molecule is COc1ccccc1NC(=O)C(=O)NCC(C)C. The lowest BCUT2D eigenvalue weighted by Gasteiger charge is -2.10. The van der Waals surface area contributed by atoms with E-state index in [1.165, 1.54) is 7.11 Å². The van der Waals surface area contributed by atoms with Crippen molar-refractivity contribution < 1.29 is 14.3 Å². The Morgan fingerprint density at radius 1 is 1.22 bits per heavy atom. The maximum Gasteiger partial charge on any atom is 0.313 e. The number of hydrogen-bond donors (Lipinski definition) is 2. The molecule has 0 aliphatic rings. The van der Waals surface area contributed by atoms with Crippen molar-refractivity contribution >= 4 is 17.5 Å². The van der Waals surface area contributed by atoms with Crippen LogP contribution in [0.15, 0.2) is 24.3 Å². The van der Waals surface area contributed by atoms with Gasteiger partial charge < -0.3 is 15.4 Å². The van der Waals surface area contributed by atoms with E-state index < -0.39 is 11.8 Å². The van der Waals surface area contributed by atoms with Crippen LogP contribution >= 0.6 is 0 Å². The largest absolute Gasteiger partial charge is 0.495 e. The van der Waals surface area contributed by atoms with E-state index in [4.69, 9.17) is 4.74 Å². The first-order valence-electron chi connectivity index (χ1n) is 5.76. The number of methoxy groups -OCH3 is 1. The van der Waals surface area contributed by atoms with Gasteiger partial charge in [0.25, 0.3) is 0 Å². The number of nitrogens with one attached hydrogen (secondary N) is 2. The topological polar surface area (TPSA) is 67.4 Å². The highest BCUT2D eigenvalue weighted by Gasteiger charge is 2.15. The third kappa shape index (κ3) is 4.08. The van der Waals surface area contributed by atoms with Crippen molar-refractivity contribution in [3.05, 3.63) is 24.3 Å². The fourth-order valence-electron chi connectivity index (χ4n) is 1.30. The Morgan fingerprint density at radius 2 is 1.89 bits per heavy atom. The van der Waals surface area contributed by atoms with Crippen molar-refractivity contribution in [1.82, 2.24) is 5.32 Å². The molecule has 0 aromatic heterocycles. The normalized spacial score (nSPS) is 10.0. The number of carbonyl (C=O) groups is 2. The number of rotatable bonds is 4. The van der Waals surface area contributed by atoms with Gasteiger partial charge in [0.05, 0.1) is 12.8 Å². The highest BCUT2D eigenvalue weighted by Crippen LogP contribution is 2.22. The molecule has 0 aliphatic heterocycles. The summed E-state index contributed by atoms with van der Waals surface area (Å²) in [6, 6.07) is 6.92. The van der Waals surface area contributed by atoms with Gasteiger partial charge in [-0.1, -0.05) is 26.0 Å². The maximum absolute atomic E-state index is 11.6. The molecule has 2 N–H and O–H groups in total. The number of ether oxygens (including phenoxy) is 1. The van der Waals surface area contributed by atoms with Crippen molar-refractivity contribution in [1.29, 1.82) is 0 Å². The average molecular weight is 250 g/mol. The van der Waals surface area contributed by atoms with Gasteiger partial charge in [0.15, 0.2) is 0 Å². The van der Waals surface area contributed by atoms with Crippen LogP contribution in [0.2, 0.25) is 0 Å². The smallest absolute Gasteiger partial charge is 0.313 e. The molecule has 1 aromatic carbocycles. The molecule has 18 heavy (non-hydrogen) atoms. The molecule has 1 rings (SSSR count). The molecule has 5 heteroatoms. The number of amides is 2. The molecule has 1 aromatic rings. The predicted molar refractivity (Wildman–Crippen MR) is 69.5 cm³/mol. The summed E-state index contributed by atoms with van der Waals surface area (Å²) in [6.07, 6.45) is 0. The zero-order valence-electron chi connectivity index (χ0n) is 10.8. The van der Waals surface area contributed by atoms with E-state index in [0.29, 0.717) is 23.9 Å². The van der Waals surface area contributed by atoms with E-state index in [1.54, 1.807) is 24.3 Å². The predicted octanol–water partition coefficient (Wildman–Crippen LogP) is 1.41. The number of carbonyl (C=O) groups excluding carboxylic acids is 2. The van der Waals surface area contributed by atoms with E-state index in [9.17, 15) is 9.59 Å². The first-order chi connectivity index (χ1) is 8.54. The second-order valence-corrected chi connectivity index (χ2v) is 4.26. The van der Waals surface area contributed by atoms with Crippen molar-refractivity contribution in [2.75, 3.05) is 19.0 Å². The molecule has 0 fully saturated rings. The lowest BCUT2D eigenvalue weighted by atomic mass is 10.2. The number of anilines is 1. The summed E-state index contributed by atoms with van der Waals surface area (Å²) in [6.45, 7) is 4.38. The Kier molecular flexibility index (Phi) is 5.17. The molecule has 2 amide bonds. The fourth-order valence-corrected chi connectivity index (χ4v) is 1.30. The highest BCUT2D eigenvalue weighted by atomic mass is 16.5. The van der Waals surface area contributed by atoms with Crippen LogP contribution < -0.4 is 15.4 Å². The molecule has 0 atom stereocenters. The zero-order valence-corrected chi connectivity index (χ0v) is 10.8. The highest BCUT2D eigenvalue weighted by molar-refractivity contribution is 6.39. The minimum absolute atomic E-state index is 0.299. The lowest BCUT2D eigenvalue weighted by Crippen LogP contribution is -2.37. The lowest BCUT2D eigenvalue weighted by molar-refractivity contribution is -0.136. The fraction of sp³-hybridized carbons (Fsp3) is 0.385. The Labute approximate surface area is 107 Å². The molecule has 0 spiro atoms. The Morgan fingerprint density at radius 3 is 2.50 bits per heavy atom. The average Bonchev–Trinajstić information content (AvgIpc) is 2.36. The zero-order chi connectivity index (χ0) is 13.5. The molecule has 0 radical (unpaired) electrons. The van der Waals surface area contributed by atoms with Gasteiger partial charge in [-0.15, -0.1) is 0 Å². The number of benzene rings is 1. The molecule has 0 heterocycles. The first kappa shape index (κ1) is 14.0. The third-order valence-electron chi connectivity index (χ3n) is 2.23. The Hall–Kier alpha value is -2.04. The van der Waals surface area contributed by atoms with Crippen LogP contribution in [0.25, 0.3) is 0 Å². The number of para-hydroxylation sites is 2. The molecule has 5 nitrogen and oxygen atoms in total. The van der Waals surface area contributed by atoms with Gasteiger partial charge in [0, 0.05) is 6.54 Å². The summed E-state index contributed by atoms with van der Waals surface area (Å²) in [5.41, 5.74) is 0.477. The molecule has 0 bridgehead atoms. The van der Waals surface area contributed by atoms with Crippen LogP contribution in [0.5, 0.6) is 5.75 Å². The van der Waals surface area contributed by atoms with E-state index >= 15 is 0 Å². The van der Waals surface area contributed by atoms with Gasteiger partial charge in [0.2, 0.25) is 0 Å². The minimum Gasteiger partial charge on any atom is -0.495 e. The van der Waals surface area contributed by atoms with Crippen LogP contribution in [0.4, 0.5) is 5.69 Å². The van der Waals surface area contributed by atoms with Gasteiger partial charge in [-0.3, -0.25) is 9.59 Å². The van der Waals surface area contributed by atoms with Crippen LogP contribution in [-0.2, 0) is 9.59 Å². The second-order valence-electron chi connectivity index (χ2n) is 4.26. The van der Waals surface area contributed by atoms with Gasteiger partial charge >= 0.3 is 11.8 Å².